The van der Waals surface area contributed by atoms with E-state index in [0.29, 0.717) is 11.3 Å². The Hall–Kier alpha value is -1.88. The molecule has 6 heteroatoms. The average Bonchev–Trinajstić information content (AvgIpc) is 2.72. The minimum Gasteiger partial charge on any atom is -0.437 e. The second kappa shape index (κ2) is 4.55. The molecular formula is C11H7ClFN2O2. The molecule has 1 aromatic heterocycles. The number of rotatable bonds is 3. The number of carbonyl (C=O) groups excluding carboxylic acids is 1. The Bertz CT molecular complexity index is 568. The molecule has 0 fully saturated rings. The maximum atomic E-state index is 13.1. The predicted octanol–water partition coefficient (Wildman–Crippen LogP) is 2.17. The molecule has 4 nitrogen and oxygen atoms in total. The maximum Gasteiger partial charge on any atom is 0.304 e. The number of aromatic nitrogens is 1. The van der Waals surface area contributed by atoms with E-state index >= 15 is 0 Å². The van der Waals surface area contributed by atoms with Crippen LogP contribution in [0.15, 0.2) is 28.8 Å². The monoisotopic (exact) mass is 253 g/mol. The van der Waals surface area contributed by atoms with Gasteiger partial charge >= 0.3 is 5.91 Å². The number of primary amides is 1. The second-order valence-corrected chi connectivity index (χ2v) is 3.66. The molecule has 0 bridgehead atoms. The number of oxazole rings is 1. The highest BCUT2D eigenvalue weighted by Gasteiger charge is 2.10. The summed E-state index contributed by atoms with van der Waals surface area (Å²) in [4.78, 5) is 14.4. The van der Waals surface area contributed by atoms with E-state index in [2.05, 4.69) is 4.98 Å². The van der Waals surface area contributed by atoms with Gasteiger partial charge in [-0.15, -0.1) is 0 Å². The largest absolute Gasteiger partial charge is 0.437 e. The van der Waals surface area contributed by atoms with E-state index < -0.39 is 11.7 Å². The maximum absolute atomic E-state index is 13.1. The third kappa shape index (κ3) is 2.62. The van der Waals surface area contributed by atoms with Crippen LogP contribution in [0.3, 0.4) is 0 Å². The number of halogens is 2. The Balaban J connectivity index is 2.19. The predicted molar refractivity (Wildman–Crippen MR) is 58.9 cm³/mol. The molecule has 17 heavy (non-hydrogen) atoms. The van der Waals surface area contributed by atoms with Gasteiger partial charge in [-0.25, -0.2) is 9.37 Å². The van der Waals surface area contributed by atoms with Crippen LogP contribution in [0.25, 0.3) is 0 Å². The number of carbonyl (C=O) groups is 1. The molecule has 0 spiro atoms. The van der Waals surface area contributed by atoms with Crippen LogP contribution in [0.4, 0.5) is 4.39 Å². The van der Waals surface area contributed by atoms with Gasteiger partial charge in [-0.05, 0) is 17.7 Å². The number of nitrogens with two attached hydrogens (primary N) is 1. The molecule has 2 rings (SSSR count). The summed E-state index contributed by atoms with van der Waals surface area (Å²) in [6, 6.07) is 4.28. The minimum absolute atomic E-state index is 0.0394. The fourth-order valence-electron chi connectivity index (χ4n) is 1.23. The van der Waals surface area contributed by atoms with Gasteiger partial charge in [-0.1, -0.05) is 17.7 Å². The van der Waals surface area contributed by atoms with Gasteiger partial charge in [0.1, 0.15) is 11.6 Å². The fourth-order valence-corrected chi connectivity index (χ4v) is 1.35. The Morgan fingerprint density at radius 3 is 2.88 bits per heavy atom. The second-order valence-electron chi connectivity index (χ2n) is 3.25. The number of nitrogens with zero attached hydrogens (tertiary/aromatic N) is 1. The lowest BCUT2D eigenvalue weighted by Gasteiger charge is -1.99. The minimum atomic E-state index is -0.757. The summed E-state index contributed by atoms with van der Waals surface area (Å²) >= 11 is 5.54. The lowest BCUT2D eigenvalue weighted by molar-refractivity contribution is 0.0966. The lowest BCUT2D eigenvalue weighted by atomic mass is 10.1. The van der Waals surface area contributed by atoms with Crippen molar-refractivity contribution in [2.24, 2.45) is 5.73 Å². The van der Waals surface area contributed by atoms with E-state index in [9.17, 15) is 9.18 Å². The molecule has 0 saturated carbocycles. The van der Waals surface area contributed by atoms with Crippen LogP contribution in [0.1, 0.15) is 22.0 Å². The van der Waals surface area contributed by atoms with Crippen molar-refractivity contribution in [2.45, 2.75) is 0 Å². The molecule has 0 aliphatic carbocycles. The van der Waals surface area contributed by atoms with Gasteiger partial charge in [0.2, 0.25) is 0 Å². The number of benzene rings is 1. The smallest absolute Gasteiger partial charge is 0.304 e. The molecule has 1 heterocycles. The van der Waals surface area contributed by atoms with Crippen molar-refractivity contribution in [3.8, 4) is 0 Å². The molecule has 0 atom stereocenters. The van der Waals surface area contributed by atoms with E-state index in [1.165, 1.54) is 24.8 Å². The van der Waals surface area contributed by atoms with E-state index in [1.54, 1.807) is 6.07 Å². The van der Waals surface area contributed by atoms with Gasteiger partial charge in [0.15, 0.2) is 0 Å². The Kier molecular flexibility index (Phi) is 3.10. The standard InChI is InChI=1S/C11H7ClFN2O2/c12-8-2-1-6(4-9(8)13)3-7-5-15-11(17-7)10(14)16/h1-5H,(H2,14,16). The average molecular weight is 254 g/mol. The highest BCUT2D eigenvalue weighted by Crippen LogP contribution is 2.19. The zero-order chi connectivity index (χ0) is 12.4. The number of amides is 1. The van der Waals surface area contributed by atoms with Crippen molar-refractivity contribution in [3.63, 3.8) is 0 Å². The summed E-state index contributed by atoms with van der Waals surface area (Å²) in [7, 11) is 0. The molecule has 1 amide bonds. The zero-order valence-electron chi connectivity index (χ0n) is 8.48. The van der Waals surface area contributed by atoms with Crippen molar-refractivity contribution in [3.05, 3.63) is 58.9 Å². The van der Waals surface area contributed by atoms with E-state index in [1.807, 2.05) is 0 Å². The van der Waals surface area contributed by atoms with Gasteiger partial charge in [0.05, 0.1) is 17.6 Å². The zero-order valence-corrected chi connectivity index (χ0v) is 9.24. The summed E-state index contributed by atoms with van der Waals surface area (Å²) in [5.41, 5.74) is 5.52. The van der Waals surface area contributed by atoms with Crippen molar-refractivity contribution in [1.29, 1.82) is 0 Å². The van der Waals surface area contributed by atoms with Gasteiger partial charge in [-0.3, -0.25) is 4.79 Å². The quantitative estimate of drug-likeness (QED) is 0.911. The third-order valence-corrected chi connectivity index (χ3v) is 2.29. The van der Waals surface area contributed by atoms with Crippen LogP contribution >= 0.6 is 11.6 Å². The van der Waals surface area contributed by atoms with E-state index in [4.69, 9.17) is 21.8 Å². The van der Waals surface area contributed by atoms with Crippen LogP contribution in [-0.2, 0) is 0 Å². The number of hydrogen-bond donors (Lipinski definition) is 1. The van der Waals surface area contributed by atoms with Crippen LogP contribution in [0.2, 0.25) is 5.02 Å². The first-order valence-corrected chi connectivity index (χ1v) is 4.99. The fraction of sp³-hybridized carbons (Fsp3) is 0. The normalized spacial score (nSPS) is 10.5. The summed E-state index contributed by atoms with van der Waals surface area (Å²) in [5.74, 6) is -1.17. The Labute approximate surface area is 101 Å². The summed E-state index contributed by atoms with van der Waals surface area (Å²) < 4.78 is 18.2. The van der Waals surface area contributed by atoms with Crippen molar-refractivity contribution >= 4 is 17.5 Å². The molecule has 0 aliphatic rings. The van der Waals surface area contributed by atoms with Gasteiger partial charge in [0.25, 0.3) is 5.89 Å². The van der Waals surface area contributed by atoms with Crippen molar-refractivity contribution in [1.82, 2.24) is 4.98 Å². The highest BCUT2D eigenvalue weighted by molar-refractivity contribution is 6.30. The molecule has 87 valence electrons. The molecule has 1 aromatic carbocycles. The Morgan fingerprint density at radius 2 is 2.29 bits per heavy atom. The molecular weight excluding hydrogens is 247 g/mol. The van der Waals surface area contributed by atoms with Gasteiger partial charge in [0, 0.05) is 0 Å². The third-order valence-electron chi connectivity index (χ3n) is 1.99. The Morgan fingerprint density at radius 1 is 1.53 bits per heavy atom. The number of hydrogen-bond acceptors (Lipinski definition) is 3. The van der Waals surface area contributed by atoms with Crippen LogP contribution < -0.4 is 5.73 Å². The van der Waals surface area contributed by atoms with Crippen molar-refractivity contribution < 1.29 is 13.6 Å². The van der Waals surface area contributed by atoms with E-state index in [-0.39, 0.29) is 10.9 Å². The molecule has 2 aromatic rings. The van der Waals surface area contributed by atoms with Crippen LogP contribution in [-0.4, -0.2) is 10.9 Å². The molecule has 0 saturated heterocycles. The SMILES string of the molecule is NC(=O)c1ncc([CH]c2ccc(Cl)c(F)c2)o1. The lowest BCUT2D eigenvalue weighted by Crippen LogP contribution is -2.10. The topological polar surface area (TPSA) is 69.1 Å². The summed E-state index contributed by atoms with van der Waals surface area (Å²) in [5, 5.41) is 0.0394. The summed E-state index contributed by atoms with van der Waals surface area (Å²) in [6.07, 6.45) is 2.84. The first-order chi connectivity index (χ1) is 8.06. The first-order valence-electron chi connectivity index (χ1n) is 4.61. The molecule has 2 N–H and O–H groups in total. The van der Waals surface area contributed by atoms with E-state index in [0.717, 1.165) is 0 Å². The van der Waals surface area contributed by atoms with Gasteiger partial charge in [-0.2, -0.15) is 0 Å². The highest BCUT2D eigenvalue weighted by atomic mass is 35.5. The van der Waals surface area contributed by atoms with Crippen LogP contribution in [0.5, 0.6) is 0 Å². The van der Waals surface area contributed by atoms with Gasteiger partial charge < -0.3 is 10.2 Å². The molecule has 0 aliphatic heterocycles. The van der Waals surface area contributed by atoms with Crippen LogP contribution in [0, 0.1) is 12.2 Å². The first kappa shape index (κ1) is 11.6. The van der Waals surface area contributed by atoms with Crippen molar-refractivity contribution in [2.75, 3.05) is 0 Å². The molecule has 1 radical (unpaired) electrons. The molecule has 0 unspecified atom stereocenters. The summed E-state index contributed by atoms with van der Waals surface area (Å²) in [6.45, 7) is 0.